The maximum atomic E-state index is 12.8. The summed E-state index contributed by atoms with van der Waals surface area (Å²) in [7, 11) is 1.76. The van der Waals surface area contributed by atoms with Gasteiger partial charge in [0.2, 0.25) is 0 Å². The highest BCUT2D eigenvalue weighted by molar-refractivity contribution is 5.75. The van der Waals surface area contributed by atoms with Crippen molar-refractivity contribution in [3.05, 3.63) is 76.2 Å². The van der Waals surface area contributed by atoms with Crippen molar-refractivity contribution in [1.82, 2.24) is 24.1 Å². The van der Waals surface area contributed by atoms with Crippen LogP contribution in [0.1, 0.15) is 35.8 Å². The fourth-order valence-electron chi connectivity index (χ4n) is 5.70. The van der Waals surface area contributed by atoms with Gasteiger partial charge < -0.3 is 15.2 Å². The van der Waals surface area contributed by atoms with Gasteiger partial charge in [0.15, 0.2) is 5.82 Å². The van der Waals surface area contributed by atoms with E-state index in [9.17, 15) is 4.79 Å². The molecule has 0 amide bonds. The Kier molecular flexibility index (Phi) is 4.42. The fourth-order valence-corrected chi connectivity index (χ4v) is 5.70. The zero-order valence-electron chi connectivity index (χ0n) is 18.9. The molecule has 1 atom stereocenters. The van der Waals surface area contributed by atoms with E-state index in [1.807, 2.05) is 41.9 Å². The van der Waals surface area contributed by atoms with Crippen LogP contribution in [0, 0.1) is 12.3 Å². The third-order valence-corrected chi connectivity index (χ3v) is 7.58. The molecule has 1 aliphatic carbocycles. The predicted octanol–water partition coefficient (Wildman–Crippen LogP) is 2.64. The maximum Gasteiger partial charge on any atom is 0.259 e. The largest absolute Gasteiger partial charge is 0.355 e. The Labute approximate surface area is 191 Å². The van der Waals surface area contributed by atoms with E-state index in [4.69, 9.17) is 10.7 Å². The van der Waals surface area contributed by atoms with Crippen LogP contribution in [0.2, 0.25) is 0 Å². The molecule has 5 heterocycles. The smallest absolute Gasteiger partial charge is 0.259 e. The van der Waals surface area contributed by atoms with Crippen molar-refractivity contribution in [2.24, 2.45) is 18.2 Å². The molecule has 0 radical (unpaired) electrons. The molecule has 1 fully saturated rings. The summed E-state index contributed by atoms with van der Waals surface area (Å²) >= 11 is 0. The van der Waals surface area contributed by atoms with Crippen LogP contribution in [0.5, 0.6) is 0 Å². The van der Waals surface area contributed by atoms with Crippen molar-refractivity contribution in [2.45, 2.75) is 32.2 Å². The van der Waals surface area contributed by atoms with Gasteiger partial charge in [-0.15, -0.1) is 0 Å². The zero-order valence-corrected chi connectivity index (χ0v) is 18.9. The SMILES string of the molecule is Cc1nc(N2CCC3(CC2)Cc2ncccc2C3N)c2ccnn2c1-c1cccn(C)c1=O. The van der Waals surface area contributed by atoms with Crippen molar-refractivity contribution in [3.8, 4) is 11.3 Å². The van der Waals surface area contributed by atoms with E-state index in [0.29, 0.717) is 5.56 Å². The average molecular weight is 442 g/mol. The lowest BCUT2D eigenvalue weighted by molar-refractivity contribution is 0.187. The molecule has 2 aliphatic rings. The molecule has 0 aromatic carbocycles. The Hall–Kier alpha value is -3.52. The number of nitrogens with two attached hydrogens (primary N) is 1. The van der Waals surface area contributed by atoms with Crippen LogP contribution in [0.4, 0.5) is 5.82 Å². The standard InChI is InChI=1S/C25H27N7O/c1-16-21(18-6-4-12-30(2)24(18)33)32-20(7-11-28-32)23(29-16)31-13-8-25(9-14-31)15-19-17(22(25)26)5-3-10-27-19/h3-7,10-12,22H,8-9,13-15,26H2,1-2H3. The molecule has 8 nitrogen and oxygen atoms in total. The van der Waals surface area contributed by atoms with Gasteiger partial charge in [0.1, 0.15) is 5.52 Å². The maximum absolute atomic E-state index is 12.8. The van der Waals surface area contributed by atoms with E-state index in [1.165, 1.54) is 5.56 Å². The van der Waals surface area contributed by atoms with Crippen LogP contribution < -0.4 is 16.2 Å². The summed E-state index contributed by atoms with van der Waals surface area (Å²) in [5, 5.41) is 4.57. The van der Waals surface area contributed by atoms with E-state index < -0.39 is 0 Å². The second-order valence-corrected chi connectivity index (χ2v) is 9.38. The van der Waals surface area contributed by atoms with E-state index in [2.05, 4.69) is 21.0 Å². The van der Waals surface area contributed by atoms with Gasteiger partial charge >= 0.3 is 0 Å². The van der Waals surface area contributed by atoms with Gasteiger partial charge in [0, 0.05) is 44.3 Å². The molecular weight excluding hydrogens is 414 g/mol. The number of fused-ring (bicyclic) bond motifs is 2. The summed E-state index contributed by atoms with van der Waals surface area (Å²) in [6.45, 7) is 3.70. The molecule has 168 valence electrons. The van der Waals surface area contributed by atoms with Crippen molar-refractivity contribution in [3.63, 3.8) is 0 Å². The molecule has 4 aromatic heterocycles. The Bertz CT molecular complexity index is 1430. The van der Waals surface area contributed by atoms with Crippen LogP contribution in [0.25, 0.3) is 16.8 Å². The van der Waals surface area contributed by atoms with Crippen molar-refractivity contribution < 1.29 is 0 Å². The van der Waals surface area contributed by atoms with E-state index in [0.717, 1.165) is 60.8 Å². The summed E-state index contributed by atoms with van der Waals surface area (Å²) in [5.41, 5.74) is 12.1. The van der Waals surface area contributed by atoms with Gasteiger partial charge in [-0.2, -0.15) is 5.10 Å². The second kappa shape index (κ2) is 7.25. The minimum Gasteiger partial charge on any atom is -0.355 e. The Morgan fingerprint density at radius 1 is 1.12 bits per heavy atom. The van der Waals surface area contributed by atoms with Crippen molar-refractivity contribution in [2.75, 3.05) is 18.0 Å². The highest BCUT2D eigenvalue weighted by Crippen LogP contribution is 2.50. The Morgan fingerprint density at radius 2 is 1.94 bits per heavy atom. The Balaban J connectivity index is 1.35. The number of hydrogen-bond acceptors (Lipinski definition) is 6. The lowest BCUT2D eigenvalue weighted by atomic mass is 9.73. The van der Waals surface area contributed by atoms with Crippen LogP contribution in [-0.2, 0) is 13.5 Å². The molecule has 1 saturated heterocycles. The molecule has 33 heavy (non-hydrogen) atoms. The number of piperidine rings is 1. The first-order chi connectivity index (χ1) is 16.0. The van der Waals surface area contributed by atoms with E-state index in [1.54, 1.807) is 24.0 Å². The lowest BCUT2D eigenvalue weighted by Gasteiger charge is -2.42. The predicted molar refractivity (Wildman–Crippen MR) is 127 cm³/mol. The quantitative estimate of drug-likeness (QED) is 0.514. The average Bonchev–Trinajstić information content (AvgIpc) is 3.40. The lowest BCUT2D eigenvalue weighted by Crippen LogP contribution is -2.44. The minimum absolute atomic E-state index is 0.0321. The van der Waals surface area contributed by atoms with E-state index in [-0.39, 0.29) is 17.0 Å². The van der Waals surface area contributed by atoms with Crippen molar-refractivity contribution >= 4 is 11.3 Å². The third-order valence-electron chi connectivity index (χ3n) is 7.58. The summed E-state index contributed by atoms with van der Waals surface area (Å²) < 4.78 is 3.44. The molecule has 1 unspecified atom stereocenters. The molecule has 8 heteroatoms. The summed E-state index contributed by atoms with van der Waals surface area (Å²) in [6.07, 6.45) is 8.33. The molecule has 2 N–H and O–H groups in total. The zero-order chi connectivity index (χ0) is 22.7. The van der Waals surface area contributed by atoms with Crippen LogP contribution in [0.15, 0.2) is 53.7 Å². The molecule has 4 aromatic rings. The minimum atomic E-state index is -0.0599. The molecule has 1 aliphatic heterocycles. The molecular formula is C25H27N7O. The summed E-state index contributed by atoms with van der Waals surface area (Å²) in [6, 6.07) is 9.83. The highest BCUT2D eigenvalue weighted by atomic mass is 16.1. The second-order valence-electron chi connectivity index (χ2n) is 9.38. The summed E-state index contributed by atoms with van der Waals surface area (Å²) in [4.78, 5) is 24.7. The molecule has 6 rings (SSSR count). The number of pyridine rings is 2. The fraction of sp³-hybridized carbons (Fsp3) is 0.360. The first-order valence-electron chi connectivity index (χ1n) is 11.4. The van der Waals surface area contributed by atoms with Crippen LogP contribution in [0.3, 0.4) is 0 Å². The topological polar surface area (TPSA) is 94.3 Å². The number of aryl methyl sites for hydroxylation is 2. The monoisotopic (exact) mass is 441 g/mol. The number of anilines is 1. The van der Waals surface area contributed by atoms with Gasteiger partial charge in [-0.05, 0) is 61.4 Å². The van der Waals surface area contributed by atoms with Crippen LogP contribution >= 0.6 is 0 Å². The number of hydrogen-bond donors (Lipinski definition) is 1. The van der Waals surface area contributed by atoms with Gasteiger partial charge in [-0.25, -0.2) is 9.50 Å². The van der Waals surface area contributed by atoms with Gasteiger partial charge in [-0.1, -0.05) is 6.07 Å². The first kappa shape index (κ1) is 20.1. The van der Waals surface area contributed by atoms with Gasteiger partial charge in [0.25, 0.3) is 5.56 Å². The molecule has 0 bridgehead atoms. The van der Waals surface area contributed by atoms with E-state index >= 15 is 0 Å². The Morgan fingerprint density at radius 3 is 2.73 bits per heavy atom. The number of aromatic nitrogens is 5. The highest BCUT2D eigenvalue weighted by Gasteiger charge is 2.46. The summed E-state index contributed by atoms with van der Waals surface area (Å²) in [5.74, 6) is 0.915. The number of rotatable bonds is 2. The normalized spacial score (nSPS) is 19.4. The third kappa shape index (κ3) is 2.94. The van der Waals surface area contributed by atoms with Gasteiger partial charge in [0.05, 0.1) is 23.1 Å². The van der Waals surface area contributed by atoms with Gasteiger partial charge in [-0.3, -0.25) is 9.78 Å². The van der Waals surface area contributed by atoms with Crippen molar-refractivity contribution in [1.29, 1.82) is 0 Å². The molecule has 1 spiro atoms. The molecule has 0 saturated carbocycles. The first-order valence-corrected chi connectivity index (χ1v) is 11.4. The van der Waals surface area contributed by atoms with Crippen LogP contribution in [-0.4, -0.2) is 37.2 Å². The number of nitrogens with zero attached hydrogens (tertiary/aromatic N) is 6.